The number of ether oxygens (including phenoxy) is 1. The molecule has 0 amide bonds. The molecule has 0 saturated heterocycles. The van der Waals surface area contributed by atoms with Crippen LogP contribution in [0.25, 0.3) is 0 Å². The summed E-state index contributed by atoms with van der Waals surface area (Å²) in [6.45, 7) is 6.79. The molecule has 1 saturated carbocycles. The Kier molecular flexibility index (Phi) is 6.08. The van der Waals surface area contributed by atoms with Gasteiger partial charge in [0.2, 0.25) is 0 Å². The van der Waals surface area contributed by atoms with Gasteiger partial charge in [-0.05, 0) is 62.5 Å². The van der Waals surface area contributed by atoms with Crippen molar-refractivity contribution < 1.29 is 9.13 Å². The lowest BCUT2D eigenvalue weighted by Gasteiger charge is -2.29. The van der Waals surface area contributed by atoms with E-state index in [1.807, 2.05) is 26.0 Å². The molecule has 0 unspecified atom stereocenters. The smallest absolute Gasteiger partial charge is 0.133 e. The van der Waals surface area contributed by atoms with Gasteiger partial charge in [0.1, 0.15) is 11.6 Å². The Morgan fingerprint density at radius 1 is 1.10 bits per heavy atom. The van der Waals surface area contributed by atoms with Gasteiger partial charge in [-0.3, -0.25) is 0 Å². The molecule has 0 atom stereocenters. The average Bonchev–Trinajstić information content (AvgIpc) is 2.49. The second kappa shape index (κ2) is 7.82. The molecule has 1 nitrogen and oxygen atoms in total. The van der Waals surface area contributed by atoms with Gasteiger partial charge in [0, 0.05) is 5.56 Å². The van der Waals surface area contributed by atoms with E-state index in [4.69, 9.17) is 4.74 Å². The molecule has 1 aliphatic carbocycles. The fourth-order valence-electron chi connectivity index (χ4n) is 3.73. The lowest BCUT2D eigenvalue weighted by Crippen LogP contribution is -2.15. The van der Waals surface area contributed by atoms with Crippen LogP contribution in [0.2, 0.25) is 0 Å². The summed E-state index contributed by atoms with van der Waals surface area (Å²) in [5, 5.41) is 0. The van der Waals surface area contributed by atoms with Crippen LogP contribution in [0.5, 0.6) is 5.75 Å². The molecule has 0 aromatic heterocycles. The first-order valence-electron chi connectivity index (χ1n) is 8.65. The first-order chi connectivity index (χ1) is 10.2. The van der Waals surface area contributed by atoms with Crippen LogP contribution in [0.1, 0.15) is 76.3 Å². The van der Waals surface area contributed by atoms with Gasteiger partial charge in [-0.15, -0.1) is 0 Å². The van der Waals surface area contributed by atoms with E-state index in [0.717, 1.165) is 35.6 Å². The molecule has 2 heteroatoms. The fraction of sp³-hybridized carbons (Fsp3) is 0.684. The van der Waals surface area contributed by atoms with Crippen molar-refractivity contribution in [1.29, 1.82) is 0 Å². The summed E-state index contributed by atoms with van der Waals surface area (Å²) in [6.07, 6.45) is 8.09. The van der Waals surface area contributed by atoms with E-state index >= 15 is 0 Å². The van der Waals surface area contributed by atoms with Crippen LogP contribution in [0.15, 0.2) is 12.1 Å². The Hall–Kier alpha value is -1.05. The van der Waals surface area contributed by atoms with Crippen molar-refractivity contribution >= 4 is 0 Å². The quantitative estimate of drug-likeness (QED) is 0.638. The van der Waals surface area contributed by atoms with Gasteiger partial charge in [-0.2, -0.15) is 0 Å². The maximum atomic E-state index is 14.8. The second-order valence-electron chi connectivity index (χ2n) is 6.24. The van der Waals surface area contributed by atoms with Crippen molar-refractivity contribution in [3.8, 4) is 5.75 Å². The van der Waals surface area contributed by atoms with Gasteiger partial charge in [0.15, 0.2) is 0 Å². The van der Waals surface area contributed by atoms with Crippen molar-refractivity contribution in [2.75, 3.05) is 6.61 Å². The maximum absolute atomic E-state index is 14.8. The SMILES string of the molecule is CCCC1CCC(c2ccc(OCC)c(CC)c2F)CC1. The van der Waals surface area contributed by atoms with Gasteiger partial charge in [-0.1, -0.05) is 32.8 Å². The van der Waals surface area contributed by atoms with Crippen molar-refractivity contribution in [2.24, 2.45) is 5.92 Å². The van der Waals surface area contributed by atoms with Crippen LogP contribution in [0.4, 0.5) is 4.39 Å². The molecule has 0 aliphatic heterocycles. The zero-order chi connectivity index (χ0) is 15.2. The van der Waals surface area contributed by atoms with E-state index < -0.39 is 0 Å². The largest absolute Gasteiger partial charge is 0.493 e. The Morgan fingerprint density at radius 3 is 2.38 bits per heavy atom. The Morgan fingerprint density at radius 2 is 1.81 bits per heavy atom. The van der Waals surface area contributed by atoms with Gasteiger partial charge in [0.25, 0.3) is 0 Å². The average molecular weight is 292 g/mol. The molecule has 0 bridgehead atoms. The second-order valence-corrected chi connectivity index (χ2v) is 6.24. The van der Waals surface area contributed by atoms with Gasteiger partial charge in [0.05, 0.1) is 6.61 Å². The Balaban J connectivity index is 2.14. The van der Waals surface area contributed by atoms with E-state index in [1.54, 1.807) is 0 Å². The third-order valence-electron chi connectivity index (χ3n) is 4.87. The maximum Gasteiger partial charge on any atom is 0.133 e. The Labute approximate surface area is 128 Å². The number of halogens is 1. The highest BCUT2D eigenvalue weighted by Gasteiger charge is 2.25. The molecule has 21 heavy (non-hydrogen) atoms. The molecule has 1 aliphatic rings. The highest BCUT2D eigenvalue weighted by molar-refractivity contribution is 5.40. The summed E-state index contributed by atoms with van der Waals surface area (Å²) in [6, 6.07) is 3.93. The molecular formula is C19H29FO. The lowest BCUT2D eigenvalue weighted by molar-refractivity contribution is 0.302. The minimum absolute atomic E-state index is 0.0117. The zero-order valence-corrected chi connectivity index (χ0v) is 13.8. The molecule has 0 N–H and O–H groups in total. The summed E-state index contributed by atoms with van der Waals surface area (Å²) in [7, 11) is 0. The molecule has 0 heterocycles. The molecule has 2 rings (SSSR count). The third kappa shape index (κ3) is 3.78. The van der Waals surface area contributed by atoms with Crippen LogP contribution in [0.3, 0.4) is 0 Å². The highest BCUT2D eigenvalue weighted by atomic mass is 19.1. The molecule has 1 aromatic rings. The number of hydrogen-bond acceptors (Lipinski definition) is 1. The standard InChI is InChI=1S/C19H29FO/c1-4-7-14-8-10-15(11-9-14)17-12-13-18(21-6-3)16(5-2)19(17)20/h12-15H,4-11H2,1-3H3. The molecule has 1 fully saturated rings. The summed E-state index contributed by atoms with van der Waals surface area (Å²) >= 11 is 0. The van der Waals surface area contributed by atoms with E-state index in [0.29, 0.717) is 18.9 Å². The van der Waals surface area contributed by atoms with Crippen LogP contribution in [0, 0.1) is 11.7 Å². The normalized spacial score (nSPS) is 22.3. The van der Waals surface area contributed by atoms with E-state index in [1.165, 1.54) is 25.7 Å². The highest BCUT2D eigenvalue weighted by Crippen LogP contribution is 2.40. The van der Waals surface area contributed by atoms with Crippen LogP contribution in [-0.4, -0.2) is 6.61 Å². The first kappa shape index (κ1) is 16.3. The zero-order valence-electron chi connectivity index (χ0n) is 13.8. The van der Waals surface area contributed by atoms with Crippen molar-refractivity contribution in [3.05, 3.63) is 29.1 Å². The number of rotatable bonds is 6. The summed E-state index contributed by atoms with van der Waals surface area (Å²) in [4.78, 5) is 0. The number of benzene rings is 1. The van der Waals surface area contributed by atoms with Crippen LogP contribution < -0.4 is 4.74 Å². The minimum atomic E-state index is -0.0117. The predicted octanol–water partition coefficient (Wildman–Crippen LogP) is 5.86. The fourth-order valence-corrected chi connectivity index (χ4v) is 3.73. The summed E-state index contributed by atoms with van der Waals surface area (Å²) in [5.74, 6) is 1.98. The molecule has 118 valence electrons. The molecule has 0 spiro atoms. The number of hydrogen-bond donors (Lipinski definition) is 0. The topological polar surface area (TPSA) is 9.23 Å². The molecule has 1 aromatic carbocycles. The van der Waals surface area contributed by atoms with E-state index in [-0.39, 0.29) is 5.82 Å². The summed E-state index contributed by atoms with van der Waals surface area (Å²) in [5.41, 5.74) is 1.68. The lowest BCUT2D eigenvalue weighted by atomic mass is 9.77. The van der Waals surface area contributed by atoms with E-state index in [9.17, 15) is 4.39 Å². The van der Waals surface area contributed by atoms with Crippen molar-refractivity contribution in [3.63, 3.8) is 0 Å². The first-order valence-corrected chi connectivity index (χ1v) is 8.65. The van der Waals surface area contributed by atoms with E-state index in [2.05, 4.69) is 6.92 Å². The van der Waals surface area contributed by atoms with Crippen LogP contribution >= 0.6 is 0 Å². The summed E-state index contributed by atoms with van der Waals surface area (Å²) < 4.78 is 20.4. The van der Waals surface area contributed by atoms with Gasteiger partial charge < -0.3 is 4.74 Å². The molecule has 0 radical (unpaired) electrons. The predicted molar refractivity (Wildman–Crippen MR) is 86.6 cm³/mol. The minimum Gasteiger partial charge on any atom is -0.493 e. The third-order valence-corrected chi connectivity index (χ3v) is 4.87. The monoisotopic (exact) mass is 292 g/mol. The van der Waals surface area contributed by atoms with Gasteiger partial charge in [-0.25, -0.2) is 4.39 Å². The van der Waals surface area contributed by atoms with Crippen molar-refractivity contribution in [2.45, 2.75) is 71.6 Å². The van der Waals surface area contributed by atoms with Gasteiger partial charge >= 0.3 is 0 Å². The van der Waals surface area contributed by atoms with Crippen LogP contribution in [-0.2, 0) is 6.42 Å². The molecular weight excluding hydrogens is 263 g/mol. The van der Waals surface area contributed by atoms with Crippen molar-refractivity contribution in [1.82, 2.24) is 0 Å². The Bertz CT molecular complexity index is 447.